The molecule has 0 saturated carbocycles. The number of carbonyl (C=O) groups is 1. The molecule has 0 aliphatic rings. The normalized spacial score (nSPS) is 10.5. The number of aromatic nitrogens is 4. The molecule has 0 aliphatic heterocycles. The molecule has 3 N–H and O–H groups in total. The highest BCUT2D eigenvalue weighted by atomic mass is 32.2. The molecule has 2 aromatic rings. The average molecular weight is 265 g/mol. The van der Waals surface area contributed by atoms with Crippen molar-refractivity contribution in [3.8, 4) is 11.3 Å². The van der Waals surface area contributed by atoms with Gasteiger partial charge in [-0.1, -0.05) is 11.8 Å². The molecule has 0 radical (unpaired) electrons. The van der Waals surface area contributed by atoms with Crippen molar-refractivity contribution in [3.63, 3.8) is 0 Å². The third-order valence-electron chi connectivity index (χ3n) is 2.26. The van der Waals surface area contributed by atoms with Crippen LogP contribution in [0.5, 0.6) is 0 Å². The summed E-state index contributed by atoms with van der Waals surface area (Å²) >= 11 is 1.42. The lowest BCUT2D eigenvalue weighted by molar-refractivity contribution is -0.137. The SMILES string of the molecule is CSc1nccc(-c2cnn(CC(=O)O)c2N)n1. The van der Waals surface area contributed by atoms with Crippen molar-refractivity contribution in [2.45, 2.75) is 11.7 Å². The number of rotatable bonds is 4. The van der Waals surface area contributed by atoms with Crippen LogP contribution in [0.4, 0.5) is 5.82 Å². The number of hydrogen-bond donors (Lipinski definition) is 2. The minimum Gasteiger partial charge on any atom is -0.480 e. The molecule has 0 aromatic carbocycles. The molecule has 7 nitrogen and oxygen atoms in total. The molecule has 0 unspecified atom stereocenters. The summed E-state index contributed by atoms with van der Waals surface area (Å²) in [4.78, 5) is 19.0. The first-order valence-corrected chi connectivity index (χ1v) is 6.24. The Bertz CT molecular complexity index is 583. The van der Waals surface area contributed by atoms with Crippen molar-refractivity contribution >= 4 is 23.5 Å². The Morgan fingerprint density at radius 2 is 2.39 bits per heavy atom. The second-order valence-electron chi connectivity index (χ2n) is 3.42. The van der Waals surface area contributed by atoms with Crippen molar-refractivity contribution < 1.29 is 9.90 Å². The lowest BCUT2D eigenvalue weighted by atomic mass is 10.2. The Labute approximate surface area is 107 Å². The number of anilines is 1. The van der Waals surface area contributed by atoms with E-state index in [0.29, 0.717) is 16.4 Å². The van der Waals surface area contributed by atoms with E-state index in [1.165, 1.54) is 22.6 Å². The molecule has 0 atom stereocenters. The summed E-state index contributed by atoms with van der Waals surface area (Å²) in [5, 5.41) is 13.3. The molecule has 0 amide bonds. The first-order chi connectivity index (χ1) is 8.61. The third-order valence-corrected chi connectivity index (χ3v) is 2.82. The first kappa shape index (κ1) is 12.4. The van der Waals surface area contributed by atoms with Gasteiger partial charge in [-0.05, 0) is 12.3 Å². The lowest BCUT2D eigenvalue weighted by Gasteiger charge is -2.03. The molecule has 2 rings (SSSR count). The molecule has 0 fully saturated rings. The monoisotopic (exact) mass is 265 g/mol. The molecular formula is C10H11N5O2S. The van der Waals surface area contributed by atoms with Crippen LogP contribution < -0.4 is 5.73 Å². The fourth-order valence-corrected chi connectivity index (χ4v) is 1.79. The summed E-state index contributed by atoms with van der Waals surface area (Å²) in [5.41, 5.74) is 7.08. The molecule has 94 valence electrons. The van der Waals surface area contributed by atoms with Crippen molar-refractivity contribution in [2.24, 2.45) is 0 Å². The summed E-state index contributed by atoms with van der Waals surface area (Å²) in [5.74, 6) is -0.716. The van der Waals surface area contributed by atoms with Gasteiger partial charge in [0.2, 0.25) is 0 Å². The largest absolute Gasteiger partial charge is 0.480 e. The molecule has 2 heterocycles. The Morgan fingerprint density at radius 3 is 3.06 bits per heavy atom. The second kappa shape index (κ2) is 5.05. The zero-order chi connectivity index (χ0) is 13.1. The topological polar surface area (TPSA) is 107 Å². The molecule has 18 heavy (non-hydrogen) atoms. The molecule has 0 aliphatic carbocycles. The van der Waals surface area contributed by atoms with Crippen molar-refractivity contribution in [2.75, 3.05) is 12.0 Å². The highest BCUT2D eigenvalue weighted by Gasteiger charge is 2.13. The van der Waals surface area contributed by atoms with Crippen molar-refractivity contribution in [1.29, 1.82) is 0 Å². The van der Waals surface area contributed by atoms with E-state index in [1.807, 2.05) is 6.26 Å². The zero-order valence-corrected chi connectivity index (χ0v) is 10.4. The number of nitrogen functional groups attached to an aromatic ring is 1. The number of thioether (sulfide) groups is 1. The van der Waals surface area contributed by atoms with Gasteiger partial charge in [-0.15, -0.1) is 0 Å². The fourth-order valence-electron chi connectivity index (χ4n) is 1.44. The van der Waals surface area contributed by atoms with Gasteiger partial charge in [0.15, 0.2) is 5.16 Å². The molecule has 2 aromatic heterocycles. The van der Waals surface area contributed by atoms with Gasteiger partial charge >= 0.3 is 5.97 Å². The van der Waals surface area contributed by atoms with Crippen LogP contribution in [0, 0.1) is 0 Å². The average Bonchev–Trinajstić information content (AvgIpc) is 2.70. The van der Waals surface area contributed by atoms with E-state index in [-0.39, 0.29) is 12.4 Å². The van der Waals surface area contributed by atoms with Crippen LogP contribution in [0.1, 0.15) is 0 Å². The predicted molar refractivity (Wildman–Crippen MR) is 67.1 cm³/mol. The number of hydrogen-bond acceptors (Lipinski definition) is 6. The van der Waals surface area contributed by atoms with Crippen molar-refractivity contribution in [3.05, 3.63) is 18.5 Å². The second-order valence-corrected chi connectivity index (χ2v) is 4.20. The minimum absolute atomic E-state index is 0.272. The number of carboxylic acid groups (broad SMARTS) is 1. The summed E-state index contributed by atoms with van der Waals surface area (Å²) in [6, 6.07) is 1.71. The molecule has 8 heteroatoms. The van der Waals surface area contributed by atoms with Gasteiger partial charge in [0.05, 0.1) is 17.5 Å². The maximum Gasteiger partial charge on any atom is 0.325 e. The van der Waals surface area contributed by atoms with Gasteiger partial charge in [0, 0.05) is 6.20 Å². The standard InChI is InChI=1S/C10H11N5O2S/c1-18-10-12-3-2-7(14-10)6-4-13-15(9(6)11)5-8(16)17/h2-4H,5,11H2,1H3,(H,16,17). The van der Waals surface area contributed by atoms with E-state index in [4.69, 9.17) is 10.8 Å². The van der Waals surface area contributed by atoms with Crippen LogP contribution in [0.2, 0.25) is 0 Å². The maximum absolute atomic E-state index is 10.6. The third kappa shape index (κ3) is 2.43. The highest BCUT2D eigenvalue weighted by Crippen LogP contribution is 2.24. The first-order valence-electron chi connectivity index (χ1n) is 5.02. The van der Waals surface area contributed by atoms with E-state index < -0.39 is 5.97 Å². The summed E-state index contributed by atoms with van der Waals surface area (Å²) in [6.45, 7) is -0.272. The van der Waals surface area contributed by atoms with Gasteiger partial charge in [0.25, 0.3) is 0 Å². The minimum atomic E-state index is -0.996. The Morgan fingerprint density at radius 1 is 1.61 bits per heavy atom. The smallest absolute Gasteiger partial charge is 0.325 e. The van der Waals surface area contributed by atoms with Crippen molar-refractivity contribution in [1.82, 2.24) is 19.7 Å². The summed E-state index contributed by atoms with van der Waals surface area (Å²) < 4.78 is 1.22. The van der Waals surface area contributed by atoms with Crippen LogP contribution in [0.3, 0.4) is 0 Å². The van der Waals surface area contributed by atoms with E-state index in [0.717, 1.165) is 0 Å². The van der Waals surface area contributed by atoms with Gasteiger partial charge in [0.1, 0.15) is 12.4 Å². The molecule has 0 spiro atoms. The highest BCUT2D eigenvalue weighted by molar-refractivity contribution is 7.98. The lowest BCUT2D eigenvalue weighted by Crippen LogP contribution is -2.12. The summed E-state index contributed by atoms with van der Waals surface area (Å²) in [6.07, 6.45) is 5.00. The van der Waals surface area contributed by atoms with E-state index in [9.17, 15) is 4.79 Å². The van der Waals surface area contributed by atoms with Gasteiger partial charge in [-0.2, -0.15) is 5.10 Å². The van der Waals surface area contributed by atoms with Crippen LogP contribution in [-0.2, 0) is 11.3 Å². The van der Waals surface area contributed by atoms with Crippen LogP contribution >= 0.6 is 11.8 Å². The molecule has 0 bridgehead atoms. The Kier molecular flexibility index (Phi) is 3.47. The van der Waals surface area contributed by atoms with Gasteiger partial charge in [-0.3, -0.25) is 4.79 Å². The van der Waals surface area contributed by atoms with Crippen LogP contribution in [-0.4, -0.2) is 37.1 Å². The Hall–Kier alpha value is -2.09. The van der Waals surface area contributed by atoms with Gasteiger partial charge in [-0.25, -0.2) is 14.6 Å². The molecular weight excluding hydrogens is 254 g/mol. The Balaban J connectivity index is 2.38. The number of carboxylic acids is 1. The predicted octanol–water partition coefficient (Wildman–Crippen LogP) is 0.729. The van der Waals surface area contributed by atoms with Gasteiger partial charge < -0.3 is 10.8 Å². The number of aliphatic carboxylic acids is 1. The number of nitrogens with zero attached hydrogens (tertiary/aromatic N) is 4. The van der Waals surface area contributed by atoms with Crippen LogP contribution in [0.15, 0.2) is 23.6 Å². The quantitative estimate of drug-likeness (QED) is 0.619. The number of nitrogens with two attached hydrogens (primary N) is 1. The maximum atomic E-state index is 10.6. The molecule has 0 saturated heterocycles. The fraction of sp³-hybridized carbons (Fsp3) is 0.200. The van der Waals surface area contributed by atoms with E-state index in [2.05, 4.69) is 15.1 Å². The summed E-state index contributed by atoms with van der Waals surface area (Å²) in [7, 11) is 0. The zero-order valence-electron chi connectivity index (χ0n) is 9.57. The van der Waals surface area contributed by atoms with E-state index in [1.54, 1.807) is 12.3 Å². The van der Waals surface area contributed by atoms with Crippen LogP contribution in [0.25, 0.3) is 11.3 Å². The van der Waals surface area contributed by atoms with E-state index >= 15 is 0 Å².